The van der Waals surface area contributed by atoms with Crippen molar-refractivity contribution in [3.05, 3.63) is 28.6 Å². The second-order valence-electron chi connectivity index (χ2n) is 4.32. The molecule has 0 spiro atoms. The lowest BCUT2D eigenvalue weighted by Gasteiger charge is -2.17. The number of nitrogen functional groups attached to an aromatic ring is 1. The molecule has 0 saturated heterocycles. The molecule has 2 rings (SSSR count). The van der Waals surface area contributed by atoms with Crippen molar-refractivity contribution in [2.75, 3.05) is 18.8 Å². The van der Waals surface area contributed by atoms with Crippen molar-refractivity contribution in [1.29, 1.82) is 0 Å². The summed E-state index contributed by atoms with van der Waals surface area (Å²) in [7, 11) is 0. The summed E-state index contributed by atoms with van der Waals surface area (Å²) in [5.41, 5.74) is 7.80. The van der Waals surface area contributed by atoms with E-state index in [1.54, 1.807) is 4.90 Å². The number of carbonyl (C=O) groups excluding carboxylic acids is 1. The molecule has 4 heteroatoms. The van der Waals surface area contributed by atoms with Crippen LogP contribution < -0.4 is 5.73 Å². The van der Waals surface area contributed by atoms with E-state index in [4.69, 9.17) is 12.2 Å². The van der Waals surface area contributed by atoms with Gasteiger partial charge in [-0.05, 0) is 19.4 Å². The number of benzene rings is 1. The zero-order valence-corrected chi connectivity index (χ0v) is 11.9. The molecule has 0 aliphatic heterocycles. The van der Waals surface area contributed by atoms with E-state index in [0.29, 0.717) is 23.7 Å². The van der Waals surface area contributed by atoms with Gasteiger partial charge < -0.3 is 10.6 Å². The van der Waals surface area contributed by atoms with Crippen LogP contribution in [0.5, 0.6) is 0 Å². The predicted octanol–water partition coefficient (Wildman–Crippen LogP) is 2.89. The summed E-state index contributed by atoms with van der Waals surface area (Å²) in [5.74, 6) is 2.42. The van der Waals surface area contributed by atoms with E-state index in [2.05, 4.69) is 5.92 Å². The summed E-state index contributed by atoms with van der Waals surface area (Å²) >= 11 is 1.44. The SMILES string of the molecule is C#CCN(CC)C(=O)c1sc2c(C)cccc2c1N. The van der Waals surface area contributed by atoms with Crippen molar-refractivity contribution >= 4 is 33.0 Å². The van der Waals surface area contributed by atoms with Crippen LogP contribution in [0.1, 0.15) is 22.2 Å². The first-order valence-corrected chi connectivity index (χ1v) is 6.92. The minimum atomic E-state index is -0.0847. The average molecular weight is 272 g/mol. The molecule has 1 aromatic heterocycles. The number of anilines is 1. The van der Waals surface area contributed by atoms with E-state index < -0.39 is 0 Å². The molecular weight excluding hydrogens is 256 g/mol. The Bertz CT molecular complexity index is 667. The fraction of sp³-hybridized carbons (Fsp3) is 0.267. The Balaban J connectivity index is 2.52. The molecule has 1 aromatic carbocycles. The predicted molar refractivity (Wildman–Crippen MR) is 81.4 cm³/mol. The molecule has 0 radical (unpaired) electrons. The molecule has 0 saturated carbocycles. The molecule has 0 unspecified atom stereocenters. The standard InChI is InChI=1S/C15H16N2OS/c1-4-9-17(5-2)15(18)14-12(16)11-8-6-7-10(3)13(11)19-14/h1,6-8H,5,9,16H2,2-3H3. The first-order chi connectivity index (χ1) is 9.10. The zero-order chi connectivity index (χ0) is 14.0. The molecule has 0 aliphatic rings. The molecule has 0 atom stereocenters. The Morgan fingerprint density at radius 2 is 2.26 bits per heavy atom. The van der Waals surface area contributed by atoms with Crippen LogP contribution in [0.2, 0.25) is 0 Å². The average Bonchev–Trinajstić information content (AvgIpc) is 2.74. The second kappa shape index (κ2) is 5.33. The third kappa shape index (κ3) is 2.29. The fourth-order valence-electron chi connectivity index (χ4n) is 2.02. The molecular formula is C15H16N2OS. The minimum Gasteiger partial charge on any atom is -0.397 e. The summed E-state index contributed by atoms with van der Waals surface area (Å²) in [6, 6.07) is 5.92. The lowest BCUT2D eigenvalue weighted by atomic mass is 10.1. The number of aryl methyl sites for hydroxylation is 1. The molecule has 1 heterocycles. The highest BCUT2D eigenvalue weighted by atomic mass is 32.1. The molecule has 3 nitrogen and oxygen atoms in total. The number of hydrogen-bond acceptors (Lipinski definition) is 3. The van der Waals surface area contributed by atoms with E-state index in [-0.39, 0.29) is 5.91 Å². The summed E-state index contributed by atoms with van der Waals surface area (Å²) in [6.07, 6.45) is 5.29. The van der Waals surface area contributed by atoms with E-state index >= 15 is 0 Å². The summed E-state index contributed by atoms with van der Waals surface area (Å²) in [5, 5.41) is 0.949. The number of hydrogen-bond donors (Lipinski definition) is 1. The van der Waals surface area contributed by atoms with Gasteiger partial charge in [0.25, 0.3) is 5.91 Å². The molecule has 2 aromatic rings. The van der Waals surface area contributed by atoms with Crippen LogP contribution in [0.25, 0.3) is 10.1 Å². The molecule has 0 fully saturated rings. The number of fused-ring (bicyclic) bond motifs is 1. The highest BCUT2D eigenvalue weighted by Gasteiger charge is 2.21. The quantitative estimate of drug-likeness (QED) is 0.873. The van der Waals surface area contributed by atoms with Gasteiger partial charge in [0.05, 0.1) is 12.2 Å². The number of nitrogens with two attached hydrogens (primary N) is 1. The van der Waals surface area contributed by atoms with Crippen molar-refractivity contribution < 1.29 is 4.79 Å². The minimum absolute atomic E-state index is 0.0847. The highest BCUT2D eigenvalue weighted by molar-refractivity contribution is 7.21. The van der Waals surface area contributed by atoms with Crippen molar-refractivity contribution in [1.82, 2.24) is 4.90 Å². The van der Waals surface area contributed by atoms with Gasteiger partial charge in [-0.1, -0.05) is 24.1 Å². The maximum Gasteiger partial charge on any atom is 0.266 e. The van der Waals surface area contributed by atoms with Crippen LogP contribution in [-0.4, -0.2) is 23.9 Å². The van der Waals surface area contributed by atoms with Gasteiger partial charge in [-0.3, -0.25) is 4.79 Å². The van der Waals surface area contributed by atoms with Gasteiger partial charge in [-0.25, -0.2) is 0 Å². The maximum atomic E-state index is 12.4. The molecule has 1 amide bonds. The highest BCUT2D eigenvalue weighted by Crippen LogP contribution is 2.36. The van der Waals surface area contributed by atoms with Gasteiger partial charge in [0.15, 0.2) is 0 Å². The van der Waals surface area contributed by atoms with Crippen molar-refractivity contribution in [3.63, 3.8) is 0 Å². The van der Waals surface area contributed by atoms with Gasteiger partial charge in [0.2, 0.25) is 0 Å². The first-order valence-electron chi connectivity index (χ1n) is 6.10. The van der Waals surface area contributed by atoms with E-state index in [9.17, 15) is 4.79 Å². The largest absolute Gasteiger partial charge is 0.397 e. The topological polar surface area (TPSA) is 46.3 Å². The van der Waals surface area contributed by atoms with Crippen LogP contribution in [0, 0.1) is 19.3 Å². The van der Waals surface area contributed by atoms with Crippen LogP contribution in [0.4, 0.5) is 5.69 Å². The van der Waals surface area contributed by atoms with E-state index in [1.807, 2.05) is 32.0 Å². The fourth-order valence-corrected chi connectivity index (χ4v) is 3.18. The summed E-state index contributed by atoms with van der Waals surface area (Å²) in [6.45, 7) is 4.81. The number of nitrogens with zero attached hydrogens (tertiary/aromatic N) is 1. The summed E-state index contributed by atoms with van der Waals surface area (Å²) < 4.78 is 1.07. The van der Waals surface area contributed by atoms with Gasteiger partial charge >= 0.3 is 0 Å². The van der Waals surface area contributed by atoms with Gasteiger partial charge in [0.1, 0.15) is 4.88 Å². The van der Waals surface area contributed by atoms with Gasteiger partial charge in [-0.15, -0.1) is 17.8 Å². The van der Waals surface area contributed by atoms with Crippen LogP contribution >= 0.6 is 11.3 Å². The molecule has 2 N–H and O–H groups in total. The van der Waals surface area contributed by atoms with Crippen molar-refractivity contribution in [3.8, 4) is 12.3 Å². The van der Waals surface area contributed by atoms with Crippen molar-refractivity contribution in [2.24, 2.45) is 0 Å². The molecule has 0 bridgehead atoms. The zero-order valence-electron chi connectivity index (χ0n) is 11.1. The van der Waals surface area contributed by atoms with E-state index in [1.165, 1.54) is 11.3 Å². The molecule has 0 aliphatic carbocycles. The van der Waals surface area contributed by atoms with Gasteiger partial charge in [0, 0.05) is 16.6 Å². The lowest BCUT2D eigenvalue weighted by Crippen LogP contribution is -2.30. The summed E-state index contributed by atoms with van der Waals surface area (Å²) in [4.78, 5) is 14.6. The number of carbonyl (C=O) groups is 1. The van der Waals surface area contributed by atoms with Crippen LogP contribution in [-0.2, 0) is 0 Å². The Morgan fingerprint density at radius 1 is 1.53 bits per heavy atom. The van der Waals surface area contributed by atoms with Crippen molar-refractivity contribution in [2.45, 2.75) is 13.8 Å². The lowest BCUT2D eigenvalue weighted by molar-refractivity contribution is 0.0790. The molecule has 98 valence electrons. The smallest absolute Gasteiger partial charge is 0.266 e. The first kappa shape index (κ1) is 13.4. The van der Waals surface area contributed by atoms with Crippen LogP contribution in [0.15, 0.2) is 18.2 Å². The second-order valence-corrected chi connectivity index (χ2v) is 5.34. The Kier molecular flexibility index (Phi) is 3.77. The number of rotatable bonds is 3. The monoisotopic (exact) mass is 272 g/mol. The third-order valence-electron chi connectivity index (χ3n) is 3.10. The normalized spacial score (nSPS) is 10.4. The van der Waals surface area contributed by atoms with Crippen LogP contribution in [0.3, 0.4) is 0 Å². The third-order valence-corrected chi connectivity index (χ3v) is 4.44. The van der Waals surface area contributed by atoms with Gasteiger partial charge in [-0.2, -0.15) is 0 Å². The number of amides is 1. The number of thiophene rings is 1. The van der Waals surface area contributed by atoms with E-state index in [0.717, 1.165) is 15.6 Å². The Morgan fingerprint density at radius 3 is 2.84 bits per heavy atom. The Labute approximate surface area is 117 Å². The maximum absolute atomic E-state index is 12.4. The number of terminal acetylenes is 1. The molecule has 19 heavy (non-hydrogen) atoms. The Hall–Kier alpha value is -1.99.